The van der Waals surface area contributed by atoms with E-state index in [0.29, 0.717) is 31.5 Å². The number of rotatable bonds is 7. The van der Waals surface area contributed by atoms with Gasteiger partial charge in [0.05, 0.1) is 18.2 Å². The van der Waals surface area contributed by atoms with Gasteiger partial charge in [-0.1, -0.05) is 80.6 Å². The highest BCUT2D eigenvalue weighted by Crippen LogP contribution is 2.78. The van der Waals surface area contributed by atoms with E-state index in [1.165, 1.54) is 38.5 Å². The number of hydrogen-bond donors (Lipinski definition) is 3. The number of nitrogens with one attached hydrogen (secondary N) is 1. The van der Waals surface area contributed by atoms with Crippen molar-refractivity contribution in [1.82, 2.24) is 4.90 Å². The minimum atomic E-state index is -1.10. The topological polar surface area (TPSA) is 89.9 Å². The number of para-hydroxylation sites is 1. The van der Waals surface area contributed by atoms with E-state index in [4.69, 9.17) is 0 Å². The van der Waals surface area contributed by atoms with Gasteiger partial charge in [0.25, 0.3) is 0 Å². The number of hydrogen-bond acceptors (Lipinski definition) is 4. The summed E-state index contributed by atoms with van der Waals surface area (Å²) in [7, 11) is 0. The van der Waals surface area contributed by atoms with Crippen LogP contribution in [0.25, 0.3) is 0 Å². The van der Waals surface area contributed by atoms with Gasteiger partial charge in [0.2, 0.25) is 0 Å². The van der Waals surface area contributed by atoms with Crippen LogP contribution in [0.3, 0.4) is 0 Å². The molecule has 3 N–H and O–H groups in total. The van der Waals surface area contributed by atoms with Crippen LogP contribution >= 0.6 is 0 Å². The Morgan fingerprint density at radius 3 is 2.04 bits per heavy atom. The average Bonchev–Trinajstić information content (AvgIpc) is 3.41. The molecule has 7 saturated carbocycles. The van der Waals surface area contributed by atoms with Crippen LogP contribution in [-0.4, -0.2) is 51.7 Å². The van der Waals surface area contributed by atoms with Crippen molar-refractivity contribution >= 4 is 17.5 Å². The van der Waals surface area contributed by atoms with E-state index in [2.05, 4.69) is 37.4 Å². The maximum absolute atomic E-state index is 14.9. The first-order valence-electron chi connectivity index (χ1n) is 20.9. The zero-order valence-corrected chi connectivity index (χ0v) is 31.7. The molecule has 8 atom stereocenters. The molecule has 6 bridgehead atoms. The summed E-state index contributed by atoms with van der Waals surface area (Å²) in [5, 5.41) is 27.7. The predicted molar refractivity (Wildman–Crippen MR) is 207 cm³/mol. The SMILES string of the molecule is C[C@]12CC[C@H]3[C@]4(C=C[C@@]5(C=C4C(=O)c4ccccc4)CC(O)CC[C@]35C)[C@@H]1CC[C@@]2(O)CN(CC12CC3CC(CC(C3)C1)C2)C(=O)Nc1ccccc1. The molecule has 53 heavy (non-hydrogen) atoms. The quantitative estimate of drug-likeness (QED) is 0.197. The van der Waals surface area contributed by atoms with Crippen LogP contribution in [0.15, 0.2) is 84.5 Å². The summed E-state index contributed by atoms with van der Waals surface area (Å²) in [6.45, 7) is 5.75. The maximum atomic E-state index is 14.9. The minimum absolute atomic E-state index is 0.0504. The Kier molecular flexibility index (Phi) is 7.53. The summed E-state index contributed by atoms with van der Waals surface area (Å²) in [6, 6.07) is 19.4. The number of fused-ring (bicyclic) bond motifs is 1. The number of anilines is 1. The molecule has 0 saturated heterocycles. The molecular weight excluding hydrogens is 657 g/mol. The third-order valence-electron chi connectivity index (χ3n) is 17.4. The van der Waals surface area contributed by atoms with E-state index < -0.39 is 16.4 Å². The molecule has 2 amide bonds. The second kappa shape index (κ2) is 11.6. The number of carbonyl (C=O) groups excluding carboxylic acids is 2. The van der Waals surface area contributed by atoms with Crippen LogP contribution < -0.4 is 5.32 Å². The molecule has 10 aliphatic rings. The predicted octanol–water partition coefficient (Wildman–Crippen LogP) is 9.21. The lowest BCUT2D eigenvalue weighted by molar-refractivity contribution is -0.176. The van der Waals surface area contributed by atoms with E-state index in [1.807, 2.05) is 65.6 Å². The third-order valence-corrected chi connectivity index (χ3v) is 17.4. The molecule has 2 aromatic rings. The van der Waals surface area contributed by atoms with Crippen LogP contribution in [0.4, 0.5) is 10.5 Å². The van der Waals surface area contributed by atoms with E-state index in [1.54, 1.807) is 0 Å². The maximum Gasteiger partial charge on any atom is 0.321 e. The van der Waals surface area contributed by atoms with Gasteiger partial charge in [0.15, 0.2) is 5.78 Å². The number of aliphatic hydroxyl groups excluding tert-OH is 1. The van der Waals surface area contributed by atoms with E-state index in [9.17, 15) is 19.8 Å². The molecule has 6 heteroatoms. The van der Waals surface area contributed by atoms with Gasteiger partial charge in [-0.3, -0.25) is 4.79 Å². The van der Waals surface area contributed by atoms with E-state index in [-0.39, 0.29) is 46.0 Å². The highest BCUT2D eigenvalue weighted by atomic mass is 16.3. The van der Waals surface area contributed by atoms with Gasteiger partial charge in [-0.2, -0.15) is 0 Å². The van der Waals surface area contributed by atoms with Gasteiger partial charge in [-0.15, -0.1) is 0 Å². The molecule has 280 valence electrons. The molecule has 0 aromatic heterocycles. The molecule has 0 aliphatic heterocycles. The smallest absolute Gasteiger partial charge is 0.321 e. The van der Waals surface area contributed by atoms with Crippen molar-refractivity contribution in [3.63, 3.8) is 0 Å². The molecular formula is C47H58N2O4. The number of nitrogens with zero attached hydrogens (tertiary/aromatic N) is 1. The Balaban J connectivity index is 1.03. The van der Waals surface area contributed by atoms with Crippen molar-refractivity contribution in [2.75, 3.05) is 18.4 Å². The van der Waals surface area contributed by atoms with Gasteiger partial charge in [0, 0.05) is 39.6 Å². The number of benzene rings is 2. The number of ketones is 1. The van der Waals surface area contributed by atoms with Crippen LogP contribution in [0.5, 0.6) is 0 Å². The van der Waals surface area contributed by atoms with Gasteiger partial charge in [0.1, 0.15) is 0 Å². The fourth-order valence-corrected chi connectivity index (χ4v) is 15.5. The Bertz CT molecular complexity index is 1840. The highest BCUT2D eigenvalue weighted by molar-refractivity contribution is 6.10. The number of aliphatic hydroxyl groups is 2. The second-order valence-corrected chi connectivity index (χ2v) is 20.1. The highest BCUT2D eigenvalue weighted by Gasteiger charge is 2.74. The standard InChI is InChI=1S/C47H58N2O4/c1-42-16-13-36(50)27-45(42)19-20-47(37(28-45)40(51)34-9-5-3-6-10-34)38(42)14-17-43(2)39(47)15-18-46(43,53)30-49(41(52)48-35-11-7-4-8-12-35)29-44-24-31-21-32(25-44)23-33(22-31)26-44/h3-12,19-20,28,31-33,36,38-39,50,53H,13-18,21-27,29-30H2,1-2H3,(H,48,52)/t31?,32?,33?,36?,38-,39-,42-,43+,44?,45+,46-,47-/m1/s1. The fourth-order valence-electron chi connectivity index (χ4n) is 15.5. The van der Waals surface area contributed by atoms with Gasteiger partial charge >= 0.3 is 6.03 Å². The van der Waals surface area contributed by atoms with Crippen LogP contribution in [0.1, 0.15) is 108 Å². The summed E-state index contributed by atoms with van der Waals surface area (Å²) < 4.78 is 0. The van der Waals surface area contributed by atoms with E-state index in [0.717, 1.165) is 61.1 Å². The third kappa shape index (κ3) is 4.82. The summed E-state index contributed by atoms with van der Waals surface area (Å²) in [4.78, 5) is 31.4. The summed E-state index contributed by atoms with van der Waals surface area (Å²) in [5.74, 6) is 2.71. The van der Waals surface area contributed by atoms with Gasteiger partial charge in [-0.05, 0) is 136 Å². The molecule has 0 radical (unpaired) electrons. The Hall–Kier alpha value is -3.22. The molecule has 7 fully saturated rings. The lowest BCUT2D eigenvalue weighted by atomic mass is 9.32. The molecule has 10 aliphatic carbocycles. The number of Topliss-reactive ketones (excluding diaryl/α,β-unsaturated/α-hetero) is 1. The second-order valence-electron chi connectivity index (χ2n) is 20.1. The minimum Gasteiger partial charge on any atom is -0.393 e. The van der Waals surface area contributed by atoms with Crippen molar-refractivity contribution in [2.24, 2.45) is 56.7 Å². The van der Waals surface area contributed by atoms with Crippen molar-refractivity contribution in [1.29, 1.82) is 0 Å². The molecule has 6 nitrogen and oxygen atoms in total. The first kappa shape index (κ1) is 34.3. The number of allylic oxidation sites excluding steroid dienone is 4. The Labute approximate surface area is 315 Å². The van der Waals surface area contributed by atoms with Crippen molar-refractivity contribution < 1.29 is 19.8 Å². The number of carbonyl (C=O) groups is 2. The largest absolute Gasteiger partial charge is 0.393 e. The van der Waals surface area contributed by atoms with Crippen molar-refractivity contribution in [2.45, 2.75) is 109 Å². The van der Waals surface area contributed by atoms with Crippen LogP contribution in [0, 0.1) is 56.7 Å². The molecule has 1 unspecified atom stereocenters. The first-order chi connectivity index (χ1) is 25.4. The fraction of sp³-hybridized carbons (Fsp3) is 0.617. The van der Waals surface area contributed by atoms with Gasteiger partial charge < -0.3 is 20.4 Å². The summed E-state index contributed by atoms with van der Waals surface area (Å²) in [6.07, 6.45) is 19.9. The zero-order valence-electron chi connectivity index (χ0n) is 31.7. The Morgan fingerprint density at radius 2 is 1.36 bits per heavy atom. The lowest BCUT2D eigenvalue weighted by Crippen LogP contribution is -2.67. The molecule has 2 spiro atoms. The Morgan fingerprint density at radius 1 is 0.755 bits per heavy atom. The average molecular weight is 715 g/mol. The first-order valence-corrected chi connectivity index (χ1v) is 20.9. The molecule has 0 heterocycles. The van der Waals surface area contributed by atoms with E-state index >= 15 is 0 Å². The monoisotopic (exact) mass is 714 g/mol. The molecule has 2 aromatic carbocycles. The lowest BCUT2D eigenvalue weighted by Gasteiger charge is -2.71. The number of amides is 2. The van der Waals surface area contributed by atoms with Crippen LogP contribution in [0.2, 0.25) is 0 Å². The molecule has 12 rings (SSSR count). The van der Waals surface area contributed by atoms with Crippen molar-refractivity contribution in [3.8, 4) is 0 Å². The van der Waals surface area contributed by atoms with Crippen LogP contribution in [-0.2, 0) is 0 Å². The summed E-state index contributed by atoms with van der Waals surface area (Å²) in [5.41, 5.74) is -0.0412. The van der Waals surface area contributed by atoms with Crippen molar-refractivity contribution in [3.05, 3.63) is 90.0 Å². The number of urea groups is 1. The van der Waals surface area contributed by atoms with Gasteiger partial charge in [-0.25, -0.2) is 4.79 Å². The summed E-state index contributed by atoms with van der Waals surface area (Å²) >= 11 is 0. The zero-order chi connectivity index (χ0) is 36.4. The normalized spacial score (nSPS) is 45.5.